The molecule has 0 aliphatic carbocycles. The second-order valence-electron chi connectivity index (χ2n) is 4.05. The Bertz CT molecular complexity index is 539. The van der Waals surface area contributed by atoms with Crippen LogP contribution < -0.4 is 5.73 Å². The third-order valence-electron chi connectivity index (χ3n) is 2.81. The Kier molecular flexibility index (Phi) is 3.84. The minimum atomic E-state index is -0.874. The van der Waals surface area contributed by atoms with E-state index in [1.165, 1.54) is 12.1 Å². The van der Waals surface area contributed by atoms with Gasteiger partial charge in [0.1, 0.15) is 5.82 Å². The summed E-state index contributed by atoms with van der Waals surface area (Å²) in [5.41, 5.74) is 7.13. The van der Waals surface area contributed by atoms with E-state index in [4.69, 9.17) is 17.3 Å². The van der Waals surface area contributed by atoms with Crippen molar-refractivity contribution in [3.05, 3.63) is 64.4 Å². The summed E-state index contributed by atoms with van der Waals surface area (Å²) < 4.78 is 13.6. The lowest BCUT2D eigenvalue weighted by Gasteiger charge is -2.14. The zero-order valence-electron chi connectivity index (χ0n) is 9.61. The molecule has 0 heterocycles. The fourth-order valence-electron chi connectivity index (χ4n) is 1.85. The van der Waals surface area contributed by atoms with Crippen molar-refractivity contribution in [3.63, 3.8) is 0 Å². The summed E-state index contributed by atoms with van der Waals surface area (Å²) in [6, 6.07) is 11.4. The molecule has 0 fully saturated rings. The second-order valence-corrected chi connectivity index (χ2v) is 4.46. The Morgan fingerprint density at radius 2 is 1.89 bits per heavy atom. The number of nitrogens with two attached hydrogens (primary N) is 1. The molecule has 94 valence electrons. The molecule has 2 aromatic carbocycles. The van der Waals surface area contributed by atoms with Crippen molar-refractivity contribution in [3.8, 4) is 0 Å². The molecule has 0 radical (unpaired) electrons. The number of hydrogen-bond acceptors (Lipinski definition) is 2. The van der Waals surface area contributed by atoms with Gasteiger partial charge in [-0.05, 0) is 18.2 Å². The fraction of sp³-hybridized carbons (Fsp3) is 0.143. The highest BCUT2D eigenvalue weighted by Gasteiger charge is 2.15. The molecule has 2 nitrogen and oxygen atoms in total. The van der Waals surface area contributed by atoms with E-state index in [1.807, 2.05) is 0 Å². The Labute approximate surface area is 110 Å². The largest absolute Gasteiger partial charge is 0.398 e. The second kappa shape index (κ2) is 5.38. The molecule has 0 aromatic heterocycles. The summed E-state index contributed by atoms with van der Waals surface area (Å²) in [6.45, 7) is 0. The normalized spacial score (nSPS) is 12.4. The molecule has 18 heavy (non-hydrogen) atoms. The van der Waals surface area contributed by atoms with Gasteiger partial charge in [0.15, 0.2) is 0 Å². The molecule has 0 bridgehead atoms. The molecule has 1 unspecified atom stereocenters. The maximum Gasteiger partial charge on any atom is 0.127 e. The Hall–Kier alpha value is -1.58. The van der Waals surface area contributed by atoms with Crippen molar-refractivity contribution in [2.24, 2.45) is 0 Å². The number of para-hydroxylation sites is 1. The monoisotopic (exact) mass is 265 g/mol. The van der Waals surface area contributed by atoms with E-state index in [0.29, 0.717) is 21.8 Å². The number of nitrogen functional groups attached to an aromatic ring is 1. The van der Waals surface area contributed by atoms with E-state index in [-0.39, 0.29) is 6.42 Å². The first-order chi connectivity index (χ1) is 8.59. The third kappa shape index (κ3) is 2.63. The molecule has 1 atom stereocenters. The summed E-state index contributed by atoms with van der Waals surface area (Å²) in [5, 5.41) is 10.4. The molecule has 2 rings (SSSR count). The molecule has 0 aliphatic heterocycles. The summed E-state index contributed by atoms with van der Waals surface area (Å²) in [5.74, 6) is -0.420. The van der Waals surface area contributed by atoms with Crippen LogP contribution in [0.4, 0.5) is 10.1 Å². The van der Waals surface area contributed by atoms with Crippen molar-refractivity contribution < 1.29 is 9.50 Å². The van der Waals surface area contributed by atoms with Gasteiger partial charge in [0.2, 0.25) is 0 Å². The van der Waals surface area contributed by atoms with Crippen molar-refractivity contribution in [1.82, 2.24) is 0 Å². The first-order valence-corrected chi connectivity index (χ1v) is 5.92. The lowest BCUT2D eigenvalue weighted by molar-refractivity contribution is 0.178. The number of halogens is 2. The molecule has 3 N–H and O–H groups in total. The predicted octanol–water partition coefficient (Wildman–Crippen LogP) is 3.34. The molecule has 0 aliphatic rings. The number of aliphatic hydroxyl groups is 1. The van der Waals surface area contributed by atoms with Gasteiger partial charge < -0.3 is 10.8 Å². The van der Waals surface area contributed by atoms with Crippen LogP contribution in [0.2, 0.25) is 5.02 Å². The molecule has 0 saturated carbocycles. The Morgan fingerprint density at radius 3 is 2.56 bits per heavy atom. The van der Waals surface area contributed by atoms with Crippen LogP contribution in [0.15, 0.2) is 42.5 Å². The summed E-state index contributed by atoms with van der Waals surface area (Å²) in [4.78, 5) is 0. The van der Waals surface area contributed by atoms with Crippen molar-refractivity contribution in [2.75, 3.05) is 5.73 Å². The first-order valence-electron chi connectivity index (χ1n) is 5.55. The minimum absolute atomic E-state index is 0.0969. The predicted molar refractivity (Wildman–Crippen MR) is 70.9 cm³/mol. The number of anilines is 1. The van der Waals surface area contributed by atoms with Crippen LogP contribution in [-0.4, -0.2) is 5.11 Å². The van der Waals surface area contributed by atoms with E-state index in [1.54, 1.807) is 30.3 Å². The number of aliphatic hydroxyl groups excluding tert-OH is 1. The van der Waals surface area contributed by atoms with Gasteiger partial charge in [-0.25, -0.2) is 4.39 Å². The van der Waals surface area contributed by atoms with Crippen molar-refractivity contribution in [2.45, 2.75) is 12.5 Å². The van der Waals surface area contributed by atoms with E-state index >= 15 is 0 Å². The van der Waals surface area contributed by atoms with E-state index in [9.17, 15) is 9.50 Å². The van der Waals surface area contributed by atoms with Crippen LogP contribution in [0.25, 0.3) is 0 Å². The average molecular weight is 266 g/mol. The Balaban J connectivity index is 2.27. The van der Waals surface area contributed by atoms with E-state index in [2.05, 4.69) is 0 Å². The molecular weight excluding hydrogens is 253 g/mol. The van der Waals surface area contributed by atoms with Gasteiger partial charge in [-0.3, -0.25) is 0 Å². The molecule has 0 amide bonds. The highest BCUT2D eigenvalue weighted by Crippen LogP contribution is 2.28. The molecule has 0 saturated heterocycles. The van der Waals surface area contributed by atoms with Gasteiger partial charge in [0.25, 0.3) is 0 Å². The van der Waals surface area contributed by atoms with Crippen LogP contribution in [0.5, 0.6) is 0 Å². The average Bonchev–Trinajstić information content (AvgIpc) is 2.34. The molecule has 4 heteroatoms. The SMILES string of the molecule is Nc1ccccc1C(O)Cc1c(F)cccc1Cl. The van der Waals surface area contributed by atoms with Crippen LogP contribution in [0.1, 0.15) is 17.2 Å². The maximum absolute atomic E-state index is 13.6. The lowest BCUT2D eigenvalue weighted by atomic mass is 10.00. The van der Waals surface area contributed by atoms with E-state index in [0.717, 1.165) is 0 Å². The number of benzene rings is 2. The van der Waals surface area contributed by atoms with Gasteiger partial charge in [-0.15, -0.1) is 0 Å². The molecule has 0 spiro atoms. The molecule has 2 aromatic rings. The highest BCUT2D eigenvalue weighted by molar-refractivity contribution is 6.31. The number of hydrogen-bond donors (Lipinski definition) is 2. The fourth-order valence-corrected chi connectivity index (χ4v) is 2.09. The van der Waals surface area contributed by atoms with Gasteiger partial charge in [0, 0.05) is 28.3 Å². The highest BCUT2D eigenvalue weighted by atomic mass is 35.5. The van der Waals surface area contributed by atoms with Gasteiger partial charge in [0.05, 0.1) is 6.10 Å². The van der Waals surface area contributed by atoms with Crippen LogP contribution in [0, 0.1) is 5.82 Å². The minimum Gasteiger partial charge on any atom is -0.398 e. The van der Waals surface area contributed by atoms with Crippen molar-refractivity contribution in [1.29, 1.82) is 0 Å². The number of rotatable bonds is 3. The third-order valence-corrected chi connectivity index (χ3v) is 3.17. The lowest BCUT2D eigenvalue weighted by Crippen LogP contribution is -2.06. The van der Waals surface area contributed by atoms with Gasteiger partial charge in [-0.1, -0.05) is 35.9 Å². The van der Waals surface area contributed by atoms with Crippen LogP contribution >= 0.6 is 11.6 Å². The zero-order chi connectivity index (χ0) is 13.1. The molecular formula is C14H13ClFNO. The van der Waals surface area contributed by atoms with Crippen LogP contribution in [-0.2, 0) is 6.42 Å². The first kappa shape index (κ1) is 12.9. The topological polar surface area (TPSA) is 46.2 Å². The van der Waals surface area contributed by atoms with E-state index < -0.39 is 11.9 Å². The smallest absolute Gasteiger partial charge is 0.127 e. The van der Waals surface area contributed by atoms with Crippen LogP contribution in [0.3, 0.4) is 0 Å². The standard InChI is InChI=1S/C14H13ClFNO/c15-11-5-3-6-12(16)10(11)8-14(18)9-4-1-2-7-13(9)17/h1-7,14,18H,8,17H2. The van der Waals surface area contributed by atoms with Crippen molar-refractivity contribution >= 4 is 17.3 Å². The Morgan fingerprint density at radius 1 is 1.17 bits per heavy atom. The quantitative estimate of drug-likeness (QED) is 0.836. The van der Waals surface area contributed by atoms with Gasteiger partial charge >= 0.3 is 0 Å². The maximum atomic E-state index is 13.6. The summed E-state index contributed by atoms with van der Waals surface area (Å²) in [7, 11) is 0. The summed E-state index contributed by atoms with van der Waals surface area (Å²) >= 11 is 5.92. The zero-order valence-corrected chi connectivity index (χ0v) is 10.4. The summed E-state index contributed by atoms with van der Waals surface area (Å²) in [6.07, 6.45) is -0.778. The van der Waals surface area contributed by atoms with Gasteiger partial charge in [-0.2, -0.15) is 0 Å².